The number of rotatable bonds is 7. The van der Waals surface area contributed by atoms with Crippen LogP contribution in [0.5, 0.6) is 11.8 Å². The monoisotopic (exact) mass is 382 g/mol. The summed E-state index contributed by atoms with van der Waals surface area (Å²) in [6.07, 6.45) is 7.34. The van der Waals surface area contributed by atoms with Gasteiger partial charge in [-0.3, -0.25) is 4.90 Å². The zero-order valence-corrected chi connectivity index (χ0v) is 16.7. The Morgan fingerprint density at radius 2 is 1.79 bits per heavy atom. The van der Waals surface area contributed by atoms with Gasteiger partial charge in [-0.15, -0.1) is 0 Å². The zero-order chi connectivity index (χ0) is 19.2. The van der Waals surface area contributed by atoms with Crippen molar-refractivity contribution in [1.29, 1.82) is 0 Å². The second-order valence-electron chi connectivity index (χ2n) is 8.11. The summed E-state index contributed by atoms with van der Waals surface area (Å²) < 4.78 is 11.0. The van der Waals surface area contributed by atoms with Gasteiger partial charge in [0.05, 0.1) is 6.61 Å². The van der Waals surface area contributed by atoms with Crippen molar-refractivity contribution in [3.8, 4) is 11.8 Å². The molecule has 1 spiro atoms. The molecule has 1 aromatic heterocycles. The molecule has 6 nitrogen and oxygen atoms in total. The highest BCUT2D eigenvalue weighted by molar-refractivity contribution is 5.29. The van der Waals surface area contributed by atoms with Crippen LogP contribution in [-0.2, 0) is 11.3 Å². The Morgan fingerprint density at radius 3 is 2.57 bits per heavy atom. The van der Waals surface area contributed by atoms with Gasteiger partial charge >= 0.3 is 6.01 Å². The van der Waals surface area contributed by atoms with Crippen LogP contribution in [0.15, 0.2) is 42.7 Å². The van der Waals surface area contributed by atoms with Gasteiger partial charge in [0.2, 0.25) is 0 Å². The summed E-state index contributed by atoms with van der Waals surface area (Å²) >= 11 is 0. The molecule has 6 heteroatoms. The second-order valence-corrected chi connectivity index (χ2v) is 8.11. The maximum Gasteiger partial charge on any atom is 0.321 e. The molecular weight excluding hydrogens is 352 g/mol. The third-order valence-electron chi connectivity index (χ3n) is 5.95. The SMILES string of the molecule is COCCN1CCCC2(CCN(Cc3ccc(Oc4ncccn4)cc3)C2)C1. The first kappa shape index (κ1) is 19.3. The van der Waals surface area contributed by atoms with Gasteiger partial charge < -0.3 is 14.4 Å². The first-order valence-electron chi connectivity index (χ1n) is 10.2. The van der Waals surface area contributed by atoms with E-state index in [4.69, 9.17) is 9.47 Å². The smallest absolute Gasteiger partial charge is 0.321 e. The summed E-state index contributed by atoms with van der Waals surface area (Å²) in [6, 6.07) is 10.5. The molecule has 2 aromatic rings. The molecule has 0 radical (unpaired) electrons. The van der Waals surface area contributed by atoms with Crippen molar-refractivity contribution in [2.75, 3.05) is 46.4 Å². The van der Waals surface area contributed by atoms with Crippen LogP contribution in [0.25, 0.3) is 0 Å². The molecule has 0 N–H and O–H groups in total. The van der Waals surface area contributed by atoms with Gasteiger partial charge in [-0.05, 0) is 61.5 Å². The van der Waals surface area contributed by atoms with Crippen LogP contribution < -0.4 is 4.74 Å². The van der Waals surface area contributed by atoms with Crippen LogP contribution in [0.1, 0.15) is 24.8 Å². The third kappa shape index (κ3) is 4.87. The van der Waals surface area contributed by atoms with E-state index in [1.807, 2.05) is 12.1 Å². The fourth-order valence-corrected chi connectivity index (χ4v) is 4.58. The maximum atomic E-state index is 5.69. The second kappa shape index (κ2) is 8.99. The minimum atomic E-state index is 0.382. The number of methoxy groups -OCH3 is 1. The Labute approximate surface area is 167 Å². The number of aromatic nitrogens is 2. The van der Waals surface area contributed by atoms with Gasteiger partial charge in [-0.2, -0.15) is 0 Å². The molecule has 2 saturated heterocycles. The number of likely N-dealkylation sites (tertiary alicyclic amines) is 2. The largest absolute Gasteiger partial charge is 0.424 e. The standard InChI is InChI=1S/C22H30N4O2/c1-27-15-14-25-12-2-8-22(17-25)9-13-26(18-22)16-19-4-6-20(7-5-19)28-21-23-10-3-11-24-21/h3-7,10-11H,2,8-9,12-18H2,1H3. The summed E-state index contributed by atoms with van der Waals surface area (Å²) in [6.45, 7) is 7.73. The maximum absolute atomic E-state index is 5.69. The van der Waals surface area contributed by atoms with Gasteiger partial charge in [0.1, 0.15) is 5.75 Å². The molecule has 0 amide bonds. The van der Waals surface area contributed by atoms with Crippen molar-refractivity contribution in [2.24, 2.45) is 5.41 Å². The Kier molecular flexibility index (Phi) is 6.20. The molecule has 4 rings (SSSR count). The van der Waals surface area contributed by atoms with E-state index < -0.39 is 0 Å². The fraction of sp³-hybridized carbons (Fsp3) is 0.545. The van der Waals surface area contributed by atoms with E-state index in [1.54, 1.807) is 25.6 Å². The molecule has 2 fully saturated rings. The highest BCUT2D eigenvalue weighted by Crippen LogP contribution is 2.39. The van der Waals surface area contributed by atoms with Crippen LogP contribution in [0, 0.1) is 5.41 Å². The Hall–Kier alpha value is -2.02. The van der Waals surface area contributed by atoms with Gasteiger partial charge in [0.15, 0.2) is 0 Å². The lowest BCUT2D eigenvalue weighted by Crippen LogP contribution is -2.45. The van der Waals surface area contributed by atoms with Crippen molar-refractivity contribution >= 4 is 0 Å². The first-order valence-corrected chi connectivity index (χ1v) is 10.2. The number of nitrogens with zero attached hydrogens (tertiary/aromatic N) is 4. The molecule has 3 heterocycles. The van der Waals surface area contributed by atoms with Crippen LogP contribution >= 0.6 is 0 Å². The molecule has 0 saturated carbocycles. The number of piperidine rings is 1. The first-order chi connectivity index (χ1) is 13.7. The quantitative estimate of drug-likeness (QED) is 0.733. The summed E-state index contributed by atoms with van der Waals surface area (Å²) in [7, 11) is 1.79. The van der Waals surface area contributed by atoms with E-state index in [1.165, 1.54) is 51.0 Å². The van der Waals surface area contributed by atoms with Crippen LogP contribution in [0.2, 0.25) is 0 Å². The number of benzene rings is 1. The Morgan fingerprint density at radius 1 is 1.00 bits per heavy atom. The minimum absolute atomic E-state index is 0.382. The van der Waals surface area contributed by atoms with E-state index in [0.29, 0.717) is 11.4 Å². The average Bonchev–Trinajstić information content (AvgIpc) is 3.10. The highest BCUT2D eigenvalue weighted by atomic mass is 16.5. The topological polar surface area (TPSA) is 50.7 Å². The molecule has 150 valence electrons. The van der Waals surface area contributed by atoms with E-state index in [-0.39, 0.29) is 0 Å². The fourth-order valence-electron chi connectivity index (χ4n) is 4.58. The molecule has 2 aliphatic rings. The van der Waals surface area contributed by atoms with Crippen LogP contribution in [0.3, 0.4) is 0 Å². The molecule has 1 unspecified atom stereocenters. The van der Waals surface area contributed by atoms with Crippen molar-refractivity contribution in [3.05, 3.63) is 48.3 Å². The normalized spacial score (nSPS) is 23.3. The summed E-state index contributed by atoms with van der Waals surface area (Å²) in [5.74, 6) is 0.772. The lowest BCUT2D eigenvalue weighted by atomic mass is 9.79. The molecule has 28 heavy (non-hydrogen) atoms. The van der Waals surface area contributed by atoms with E-state index >= 15 is 0 Å². The summed E-state index contributed by atoms with van der Waals surface area (Å²) in [5.41, 5.74) is 1.80. The molecule has 2 aliphatic heterocycles. The van der Waals surface area contributed by atoms with Gasteiger partial charge in [0.25, 0.3) is 0 Å². The van der Waals surface area contributed by atoms with Crippen LogP contribution in [0.4, 0.5) is 0 Å². The average molecular weight is 383 g/mol. The molecular formula is C22H30N4O2. The van der Waals surface area contributed by atoms with Crippen molar-refractivity contribution < 1.29 is 9.47 Å². The predicted molar refractivity (Wildman–Crippen MR) is 108 cm³/mol. The summed E-state index contributed by atoms with van der Waals surface area (Å²) in [5, 5.41) is 0. The number of hydrogen-bond donors (Lipinski definition) is 0. The Balaban J connectivity index is 1.30. The number of hydrogen-bond acceptors (Lipinski definition) is 6. The lowest BCUT2D eigenvalue weighted by Gasteiger charge is -2.40. The van der Waals surface area contributed by atoms with Crippen molar-refractivity contribution in [3.63, 3.8) is 0 Å². The van der Waals surface area contributed by atoms with Gasteiger partial charge in [-0.25, -0.2) is 9.97 Å². The van der Waals surface area contributed by atoms with Crippen LogP contribution in [-0.4, -0.2) is 66.2 Å². The van der Waals surface area contributed by atoms with E-state index in [0.717, 1.165) is 25.4 Å². The zero-order valence-electron chi connectivity index (χ0n) is 16.7. The molecule has 0 aliphatic carbocycles. The minimum Gasteiger partial charge on any atom is -0.424 e. The molecule has 1 atom stereocenters. The summed E-state index contributed by atoms with van der Waals surface area (Å²) in [4.78, 5) is 13.4. The van der Waals surface area contributed by atoms with E-state index in [9.17, 15) is 0 Å². The predicted octanol–water partition coefficient (Wildman–Crippen LogP) is 3.20. The highest BCUT2D eigenvalue weighted by Gasteiger charge is 2.40. The Bertz CT molecular complexity index is 740. The number of ether oxygens (including phenoxy) is 2. The van der Waals surface area contributed by atoms with Crippen molar-refractivity contribution in [2.45, 2.75) is 25.8 Å². The third-order valence-corrected chi connectivity index (χ3v) is 5.95. The van der Waals surface area contributed by atoms with Gasteiger partial charge in [0, 0.05) is 45.7 Å². The van der Waals surface area contributed by atoms with Crippen molar-refractivity contribution in [1.82, 2.24) is 19.8 Å². The lowest BCUT2D eigenvalue weighted by molar-refractivity contribution is 0.0673. The molecule has 1 aromatic carbocycles. The molecule has 0 bridgehead atoms. The van der Waals surface area contributed by atoms with E-state index in [2.05, 4.69) is 31.9 Å². The van der Waals surface area contributed by atoms with Gasteiger partial charge in [-0.1, -0.05) is 12.1 Å².